The van der Waals surface area contributed by atoms with Crippen molar-refractivity contribution in [1.82, 2.24) is 4.90 Å². The Morgan fingerprint density at radius 3 is 2.48 bits per heavy atom. The number of aliphatic carboxylic acids is 1. The number of methoxy groups -OCH3 is 1. The maximum absolute atomic E-state index is 12.8. The zero-order valence-corrected chi connectivity index (χ0v) is 11.9. The molecule has 0 aromatic carbocycles. The molecule has 1 saturated heterocycles. The summed E-state index contributed by atoms with van der Waals surface area (Å²) in [5.74, 6) is -2.80. The summed E-state index contributed by atoms with van der Waals surface area (Å²) in [6.45, 7) is 0.503. The number of carbonyl (C=O) groups is 3. The van der Waals surface area contributed by atoms with E-state index in [-0.39, 0.29) is 17.7 Å². The molecule has 2 bridgehead atoms. The van der Waals surface area contributed by atoms with Gasteiger partial charge in [0, 0.05) is 6.54 Å². The Hall–Kier alpha value is -1.85. The van der Waals surface area contributed by atoms with Gasteiger partial charge in [-0.25, -0.2) is 4.79 Å². The van der Waals surface area contributed by atoms with Gasteiger partial charge in [-0.05, 0) is 31.1 Å². The lowest BCUT2D eigenvalue weighted by Gasteiger charge is -2.30. The maximum Gasteiger partial charge on any atom is 0.328 e. The minimum atomic E-state index is -0.918. The van der Waals surface area contributed by atoms with Crippen LogP contribution in [0.4, 0.5) is 0 Å². The molecule has 114 valence electrons. The fourth-order valence-corrected chi connectivity index (χ4v) is 4.10. The number of carboxylic acids is 1. The highest BCUT2D eigenvalue weighted by Gasteiger charge is 2.54. The van der Waals surface area contributed by atoms with Crippen LogP contribution in [0.2, 0.25) is 0 Å². The standard InChI is InChI=1S/C15H19NO5/c1-21-15(20)10-3-2-6-16(10)13(17)11-8-4-5-9(7-8)12(11)14(18)19/h4-5,8-12H,2-3,6-7H2,1H3,(H,18,19)/t8-,9+,10+,11-,12+/m1/s1. The van der Waals surface area contributed by atoms with E-state index in [1.807, 2.05) is 12.2 Å². The molecule has 0 spiro atoms. The topological polar surface area (TPSA) is 83.9 Å². The van der Waals surface area contributed by atoms with Gasteiger partial charge >= 0.3 is 11.9 Å². The third-order valence-corrected chi connectivity index (χ3v) is 5.04. The van der Waals surface area contributed by atoms with Crippen LogP contribution in [0.15, 0.2) is 12.2 Å². The number of hydrogen-bond donors (Lipinski definition) is 1. The molecule has 0 radical (unpaired) electrons. The largest absolute Gasteiger partial charge is 0.481 e. The van der Waals surface area contributed by atoms with E-state index in [1.165, 1.54) is 12.0 Å². The number of allylic oxidation sites excluding steroid dienone is 2. The van der Waals surface area contributed by atoms with E-state index in [0.717, 1.165) is 12.8 Å². The second kappa shape index (κ2) is 5.16. The number of fused-ring (bicyclic) bond motifs is 2. The van der Waals surface area contributed by atoms with E-state index >= 15 is 0 Å². The number of esters is 1. The van der Waals surface area contributed by atoms with Crippen LogP contribution in [0, 0.1) is 23.7 Å². The summed E-state index contributed by atoms with van der Waals surface area (Å²) in [4.78, 5) is 37.6. The Balaban J connectivity index is 1.83. The van der Waals surface area contributed by atoms with Gasteiger partial charge in [-0.1, -0.05) is 12.2 Å². The van der Waals surface area contributed by atoms with Gasteiger partial charge < -0.3 is 14.7 Å². The van der Waals surface area contributed by atoms with Gasteiger partial charge in [0.2, 0.25) is 5.91 Å². The molecule has 6 nitrogen and oxygen atoms in total. The summed E-state index contributed by atoms with van der Waals surface area (Å²) >= 11 is 0. The fourth-order valence-electron chi connectivity index (χ4n) is 4.10. The molecule has 1 aliphatic heterocycles. The summed E-state index contributed by atoms with van der Waals surface area (Å²) in [7, 11) is 1.31. The number of rotatable bonds is 3. The molecule has 2 fully saturated rings. The predicted molar refractivity (Wildman–Crippen MR) is 72.1 cm³/mol. The van der Waals surface area contributed by atoms with Crippen molar-refractivity contribution >= 4 is 17.8 Å². The van der Waals surface area contributed by atoms with E-state index in [9.17, 15) is 19.5 Å². The molecule has 1 amide bonds. The van der Waals surface area contributed by atoms with E-state index in [2.05, 4.69) is 0 Å². The van der Waals surface area contributed by atoms with Crippen LogP contribution >= 0.6 is 0 Å². The molecule has 1 heterocycles. The molecule has 2 aliphatic carbocycles. The van der Waals surface area contributed by atoms with Gasteiger partial charge in [0.05, 0.1) is 18.9 Å². The first kappa shape index (κ1) is 14.1. The minimum Gasteiger partial charge on any atom is -0.481 e. The van der Waals surface area contributed by atoms with Crippen LogP contribution in [-0.2, 0) is 19.1 Å². The van der Waals surface area contributed by atoms with Gasteiger partial charge in [0.1, 0.15) is 6.04 Å². The third kappa shape index (κ3) is 2.13. The molecular formula is C15H19NO5. The van der Waals surface area contributed by atoms with Gasteiger partial charge in [-0.15, -0.1) is 0 Å². The van der Waals surface area contributed by atoms with Crippen LogP contribution < -0.4 is 0 Å². The third-order valence-electron chi connectivity index (χ3n) is 5.04. The molecular weight excluding hydrogens is 274 g/mol. The van der Waals surface area contributed by atoms with Crippen molar-refractivity contribution in [3.05, 3.63) is 12.2 Å². The van der Waals surface area contributed by atoms with E-state index in [0.29, 0.717) is 13.0 Å². The monoisotopic (exact) mass is 293 g/mol. The number of nitrogens with zero attached hydrogens (tertiary/aromatic N) is 1. The summed E-state index contributed by atoms with van der Waals surface area (Å²) in [6, 6.07) is -0.556. The van der Waals surface area contributed by atoms with Gasteiger partial charge in [0.15, 0.2) is 0 Å². The lowest BCUT2D eigenvalue weighted by molar-refractivity contribution is -0.156. The van der Waals surface area contributed by atoms with E-state index in [4.69, 9.17) is 4.74 Å². The average molecular weight is 293 g/mol. The van der Waals surface area contributed by atoms with Crippen LogP contribution in [-0.4, -0.2) is 47.5 Å². The van der Waals surface area contributed by atoms with Crippen molar-refractivity contribution in [3.63, 3.8) is 0 Å². The summed E-state index contributed by atoms with van der Waals surface area (Å²) in [6.07, 6.45) is 5.93. The molecule has 3 rings (SSSR count). The maximum atomic E-state index is 12.8. The Morgan fingerprint density at radius 1 is 1.19 bits per heavy atom. The first-order valence-corrected chi connectivity index (χ1v) is 7.34. The number of ether oxygens (including phenoxy) is 1. The van der Waals surface area contributed by atoms with Crippen LogP contribution in [0.3, 0.4) is 0 Å². The van der Waals surface area contributed by atoms with Crippen molar-refractivity contribution < 1.29 is 24.2 Å². The first-order valence-electron chi connectivity index (χ1n) is 7.34. The molecule has 1 saturated carbocycles. The van der Waals surface area contributed by atoms with Crippen LogP contribution in [0.1, 0.15) is 19.3 Å². The van der Waals surface area contributed by atoms with Crippen molar-refractivity contribution in [2.45, 2.75) is 25.3 Å². The molecule has 0 unspecified atom stereocenters. The van der Waals surface area contributed by atoms with Gasteiger partial charge in [-0.3, -0.25) is 9.59 Å². The Labute approximate surface area is 122 Å². The van der Waals surface area contributed by atoms with Crippen molar-refractivity contribution in [1.29, 1.82) is 0 Å². The van der Waals surface area contributed by atoms with Crippen molar-refractivity contribution in [2.24, 2.45) is 23.7 Å². The molecule has 0 aromatic heterocycles. The lowest BCUT2D eigenvalue weighted by atomic mass is 9.82. The Bertz CT molecular complexity index is 514. The first-order chi connectivity index (χ1) is 10.0. The normalized spacial score (nSPS) is 37.0. The zero-order chi connectivity index (χ0) is 15.1. The number of hydrogen-bond acceptors (Lipinski definition) is 4. The fraction of sp³-hybridized carbons (Fsp3) is 0.667. The van der Waals surface area contributed by atoms with Crippen molar-refractivity contribution in [3.8, 4) is 0 Å². The number of likely N-dealkylation sites (tertiary alicyclic amines) is 1. The number of amides is 1. The van der Waals surface area contributed by atoms with Gasteiger partial charge in [-0.2, -0.15) is 0 Å². The predicted octanol–water partition coefficient (Wildman–Crippen LogP) is 0.673. The smallest absolute Gasteiger partial charge is 0.328 e. The number of carbonyl (C=O) groups excluding carboxylic acids is 2. The van der Waals surface area contributed by atoms with Gasteiger partial charge in [0.25, 0.3) is 0 Å². The number of carboxylic acid groups (broad SMARTS) is 1. The van der Waals surface area contributed by atoms with Crippen LogP contribution in [0.5, 0.6) is 0 Å². The second-order valence-electron chi connectivity index (χ2n) is 6.05. The molecule has 5 atom stereocenters. The minimum absolute atomic E-state index is 0.0116. The Morgan fingerprint density at radius 2 is 1.86 bits per heavy atom. The summed E-state index contributed by atoms with van der Waals surface area (Å²) in [5, 5.41) is 9.42. The Kier molecular flexibility index (Phi) is 3.47. The quantitative estimate of drug-likeness (QED) is 0.611. The highest BCUT2D eigenvalue weighted by atomic mass is 16.5. The highest BCUT2D eigenvalue weighted by molar-refractivity contribution is 5.90. The zero-order valence-electron chi connectivity index (χ0n) is 11.9. The lowest BCUT2D eigenvalue weighted by Crippen LogP contribution is -2.47. The van der Waals surface area contributed by atoms with Crippen LogP contribution in [0.25, 0.3) is 0 Å². The molecule has 0 aromatic rings. The molecule has 3 aliphatic rings. The second-order valence-corrected chi connectivity index (χ2v) is 6.05. The summed E-state index contributed by atoms with van der Waals surface area (Å²) < 4.78 is 4.75. The SMILES string of the molecule is COC(=O)[C@@H]1CCCN1C(=O)[C@H]1[C@@H](C(=O)O)[C@H]2C=C[C@@H]1C2. The molecule has 21 heavy (non-hydrogen) atoms. The molecule has 1 N–H and O–H groups in total. The van der Waals surface area contributed by atoms with E-state index < -0.39 is 29.8 Å². The summed E-state index contributed by atoms with van der Waals surface area (Å²) in [5.41, 5.74) is 0. The average Bonchev–Trinajstić information content (AvgIpc) is 3.18. The van der Waals surface area contributed by atoms with E-state index in [1.54, 1.807) is 0 Å². The van der Waals surface area contributed by atoms with Crippen molar-refractivity contribution in [2.75, 3.05) is 13.7 Å². The highest BCUT2D eigenvalue weighted by Crippen LogP contribution is 2.49. The molecule has 6 heteroatoms.